The summed E-state index contributed by atoms with van der Waals surface area (Å²) in [7, 11) is -3.71. The van der Waals surface area contributed by atoms with Crippen LogP contribution in [0.3, 0.4) is 0 Å². The largest absolute Gasteiger partial charge is 0.444 e. The highest BCUT2D eigenvalue weighted by molar-refractivity contribution is 7.89. The van der Waals surface area contributed by atoms with Crippen LogP contribution in [0.25, 0.3) is 0 Å². The molecule has 0 aliphatic carbocycles. The molecule has 1 atom stereocenters. The van der Waals surface area contributed by atoms with Crippen LogP contribution in [0.1, 0.15) is 35.9 Å². The Hall–Kier alpha value is -3.56. The van der Waals surface area contributed by atoms with E-state index in [0.29, 0.717) is 11.3 Å². The Labute approximate surface area is 191 Å². The third-order valence-electron chi connectivity index (χ3n) is 4.47. The summed E-state index contributed by atoms with van der Waals surface area (Å²) < 4.78 is 45.6. The van der Waals surface area contributed by atoms with E-state index in [1.807, 2.05) is 0 Å². The van der Waals surface area contributed by atoms with Crippen molar-refractivity contribution in [3.05, 3.63) is 95.8 Å². The second-order valence-electron chi connectivity index (χ2n) is 7.49. The van der Waals surface area contributed by atoms with Gasteiger partial charge in [-0.2, -0.15) is 0 Å². The molecular formula is C24H23FN2O5S. The van der Waals surface area contributed by atoms with Gasteiger partial charge in [-0.25, -0.2) is 22.3 Å². The number of nitrogens with one attached hydrogen (secondary N) is 2. The fraction of sp³-hybridized carbons (Fsp3) is 0.167. The minimum absolute atomic E-state index is 0.00131. The molecule has 3 rings (SSSR count). The van der Waals surface area contributed by atoms with Gasteiger partial charge in [-0.05, 0) is 62.4 Å². The van der Waals surface area contributed by atoms with Gasteiger partial charge in [0.1, 0.15) is 5.82 Å². The summed E-state index contributed by atoms with van der Waals surface area (Å²) in [5.74, 6) is -1.88. The lowest BCUT2D eigenvalue weighted by Crippen LogP contribution is -2.30. The summed E-state index contributed by atoms with van der Waals surface area (Å²) in [4.78, 5) is 25.6. The van der Waals surface area contributed by atoms with Gasteiger partial charge in [0.25, 0.3) is 5.91 Å². The Morgan fingerprint density at radius 1 is 0.879 bits per heavy atom. The summed E-state index contributed by atoms with van der Waals surface area (Å²) in [6.45, 7) is 3.40. The number of amides is 1. The number of hydrogen-bond donors (Lipinski definition) is 2. The average Bonchev–Trinajstić information content (AvgIpc) is 2.78. The van der Waals surface area contributed by atoms with Crippen LogP contribution in [0.5, 0.6) is 0 Å². The first kappa shape index (κ1) is 24.1. The maximum absolute atomic E-state index is 13.1. The summed E-state index contributed by atoms with van der Waals surface area (Å²) >= 11 is 0. The molecule has 0 aromatic heterocycles. The molecule has 3 aromatic carbocycles. The molecular weight excluding hydrogens is 447 g/mol. The molecule has 0 heterocycles. The second-order valence-corrected chi connectivity index (χ2v) is 9.21. The van der Waals surface area contributed by atoms with E-state index in [2.05, 4.69) is 10.0 Å². The molecule has 0 saturated carbocycles. The summed E-state index contributed by atoms with van der Waals surface area (Å²) in [5.41, 5.74) is 0.852. The Morgan fingerprint density at radius 2 is 1.48 bits per heavy atom. The summed E-state index contributed by atoms with van der Waals surface area (Å²) in [5, 5.41) is 2.60. The number of sulfonamides is 1. The zero-order valence-electron chi connectivity index (χ0n) is 18.0. The fourth-order valence-electron chi connectivity index (χ4n) is 2.97. The monoisotopic (exact) mass is 470 g/mol. The third kappa shape index (κ3) is 6.47. The predicted octanol–water partition coefficient (Wildman–Crippen LogP) is 4.05. The SMILES string of the molecule is CC(C)NS(=O)(=O)c1ccc(C(=O)OC(C(=O)Nc2ccc(F)cc2)c2ccccc2)cc1. The van der Waals surface area contributed by atoms with Crippen molar-refractivity contribution in [1.82, 2.24) is 4.72 Å². The van der Waals surface area contributed by atoms with Crippen molar-refractivity contribution in [2.45, 2.75) is 30.9 Å². The number of rotatable bonds is 8. The van der Waals surface area contributed by atoms with Gasteiger partial charge < -0.3 is 10.1 Å². The molecule has 0 aliphatic heterocycles. The lowest BCUT2D eigenvalue weighted by Gasteiger charge is -2.18. The number of halogens is 1. The lowest BCUT2D eigenvalue weighted by atomic mass is 10.1. The quantitative estimate of drug-likeness (QED) is 0.484. The number of anilines is 1. The lowest BCUT2D eigenvalue weighted by molar-refractivity contribution is -0.125. The van der Waals surface area contributed by atoms with E-state index >= 15 is 0 Å². The van der Waals surface area contributed by atoms with Gasteiger partial charge in [0.15, 0.2) is 0 Å². The number of benzene rings is 3. The molecule has 33 heavy (non-hydrogen) atoms. The maximum atomic E-state index is 13.1. The van der Waals surface area contributed by atoms with Crippen LogP contribution in [0.15, 0.2) is 83.8 Å². The van der Waals surface area contributed by atoms with Crippen molar-refractivity contribution >= 4 is 27.6 Å². The van der Waals surface area contributed by atoms with E-state index in [9.17, 15) is 22.4 Å². The van der Waals surface area contributed by atoms with Gasteiger partial charge in [0.05, 0.1) is 10.5 Å². The number of ether oxygens (including phenoxy) is 1. The molecule has 0 radical (unpaired) electrons. The van der Waals surface area contributed by atoms with Crippen LogP contribution in [0.4, 0.5) is 10.1 Å². The van der Waals surface area contributed by atoms with Gasteiger partial charge in [0.2, 0.25) is 16.1 Å². The molecule has 7 nitrogen and oxygen atoms in total. The molecule has 0 bridgehead atoms. The zero-order chi connectivity index (χ0) is 24.0. The topological polar surface area (TPSA) is 102 Å². The van der Waals surface area contributed by atoms with Crippen LogP contribution in [0.2, 0.25) is 0 Å². The predicted molar refractivity (Wildman–Crippen MR) is 122 cm³/mol. The average molecular weight is 471 g/mol. The van der Waals surface area contributed by atoms with Gasteiger partial charge in [0, 0.05) is 17.3 Å². The minimum Gasteiger partial charge on any atom is -0.444 e. The fourth-order valence-corrected chi connectivity index (χ4v) is 4.22. The summed E-state index contributed by atoms with van der Waals surface area (Å²) in [6.07, 6.45) is -1.28. The first-order valence-electron chi connectivity index (χ1n) is 10.1. The molecule has 1 amide bonds. The first-order chi connectivity index (χ1) is 15.7. The molecule has 0 saturated heterocycles. The molecule has 172 valence electrons. The Kier molecular flexibility index (Phi) is 7.57. The molecule has 2 N–H and O–H groups in total. The van der Waals surface area contributed by atoms with Crippen molar-refractivity contribution in [2.24, 2.45) is 0 Å². The first-order valence-corrected chi connectivity index (χ1v) is 11.6. The Bertz CT molecular complexity index is 1210. The van der Waals surface area contributed by atoms with E-state index in [0.717, 1.165) is 0 Å². The molecule has 0 spiro atoms. The van der Waals surface area contributed by atoms with Crippen LogP contribution < -0.4 is 10.0 Å². The van der Waals surface area contributed by atoms with Crippen molar-refractivity contribution < 1.29 is 27.1 Å². The second kappa shape index (κ2) is 10.4. The molecule has 1 unspecified atom stereocenters. The van der Waals surface area contributed by atoms with Gasteiger partial charge in [-0.1, -0.05) is 30.3 Å². The van der Waals surface area contributed by atoms with E-state index in [4.69, 9.17) is 4.74 Å². The Morgan fingerprint density at radius 3 is 2.06 bits per heavy atom. The van der Waals surface area contributed by atoms with Crippen molar-refractivity contribution in [2.75, 3.05) is 5.32 Å². The van der Waals surface area contributed by atoms with Crippen LogP contribution in [-0.2, 0) is 19.6 Å². The van der Waals surface area contributed by atoms with Gasteiger partial charge in [-0.3, -0.25) is 4.79 Å². The highest BCUT2D eigenvalue weighted by Crippen LogP contribution is 2.22. The minimum atomic E-state index is -3.71. The van der Waals surface area contributed by atoms with Crippen LogP contribution >= 0.6 is 0 Å². The van der Waals surface area contributed by atoms with Crippen molar-refractivity contribution in [3.63, 3.8) is 0 Å². The number of carbonyl (C=O) groups excluding carboxylic acids is 2. The highest BCUT2D eigenvalue weighted by atomic mass is 32.2. The van der Waals surface area contributed by atoms with E-state index < -0.39 is 33.8 Å². The van der Waals surface area contributed by atoms with E-state index in [1.165, 1.54) is 48.5 Å². The number of hydrogen-bond acceptors (Lipinski definition) is 5. The highest BCUT2D eigenvalue weighted by Gasteiger charge is 2.26. The van der Waals surface area contributed by atoms with E-state index in [1.54, 1.807) is 44.2 Å². The number of carbonyl (C=O) groups is 2. The van der Waals surface area contributed by atoms with Crippen molar-refractivity contribution in [1.29, 1.82) is 0 Å². The standard InChI is InChI=1S/C24H23FN2O5S/c1-16(2)27-33(30,31)21-14-8-18(9-15-21)24(29)32-22(17-6-4-3-5-7-17)23(28)26-20-12-10-19(25)11-13-20/h3-16,22,27H,1-2H3,(H,26,28). The third-order valence-corrected chi connectivity index (χ3v) is 6.14. The van der Waals surface area contributed by atoms with Gasteiger partial charge in [-0.15, -0.1) is 0 Å². The molecule has 9 heteroatoms. The summed E-state index contributed by atoms with van der Waals surface area (Å²) in [6, 6.07) is 18.5. The molecule has 0 fully saturated rings. The molecule has 0 aliphatic rings. The molecule has 3 aromatic rings. The maximum Gasteiger partial charge on any atom is 0.339 e. The van der Waals surface area contributed by atoms with Crippen LogP contribution in [0, 0.1) is 5.82 Å². The smallest absolute Gasteiger partial charge is 0.339 e. The zero-order valence-corrected chi connectivity index (χ0v) is 18.8. The normalized spacial score (nSPS) is 12.2. The number of esters is 1. The van der Waals surface area contributed by atoms with Gasteiger partial charge >= 0.3 is 5.97 Å². The van der Waals surface area contributed by atoms with Crippen molar-refractivity contribution in [3.8, 4) is 0 Å². The van der Waals surface area contributed by atoms with E-state index in [-0.39, 0.29) is 16.5 Å². The van der Waals surface area contributed by atoms with Crippen LogP contribution in [-0.4, -0.2) is 26.3 Å². The Balaban J connectivity index is 1.80.